The van der Waals surface area contributed by atoms with Gasteiger partial charge in [-0.3, -0.25) is 14.5 Å². The minimum Gasteiger partial charge on any atom is -0.351 e. The van der Waals surface area contributed by atoms with Crippen molar-refractivity contribution in [2.45, 2.75) is 38.6 Å². The number of hydrogen-bond donors (Lipinski definition) is 1. The number of carbonyl (C=O) groups excluding carboxylic acids is 2. The molecule has 4 rings (SSSR count). The molecule has 0 bridgehead atoms. The summed E-state index contributed by atoms with van der Waals surface area (Å²) in [5, 5.41) is 15.1. The van der Waals surface area contributed by atoms with Crippen LogP contribution in [0, 0.1) is 5.92 Å². The van der Waals surface area contributed by atoms with Gasteiger partial charge in [0.1, 0.15) is 0 Å². The van der Waals surface area contributed by atoms with Crippen LogP contribution < -0.4 is 15.1 Å². The van der Waals surface area contributed by atoms with Crippen molar-refractivity contribution in [3.63, 3.8) is 0 Å². The number of amides is 2. The van der Waals surface area contributed by atoms with Crippen LogP contribution in [0.1, 0.15) is 37.0 Å². The van der Waals surface area contributed by atoms with Gasteiger partial charge in [0.05, 0.1) is 12.5 Å². The number of anilines is 2. The van der Waals surface area contributed by atoms with E-state index in [1.54, 1.807) is 16.2 Å². The number of thiophene rings is 1. The van der Waals surface area contributed by atoms with Crippen LogP contribution in [-0.4, -0.2) is 41.6 Å². The van der Waals surface area contributed by atoms with E-state index in [9.17, 15) is 9.59 Å². The van der Waals surface area contributed by atoms with Crippen molar-refractivity contribution in [1.82, 2.24) is 15.5 Å². The SMILES string of the molecule is O=C(NCc1cccs1)C1CCCN(c2nnc(N3CCCCC3=O)s2)C1. The number of rotatable bonds is 5. The first kappa shape index (κ1) is 18.4. The van der Waals surface area contributed by atoms with Crippen molar-refractivity contribution in [2.75, 3.05) is 29.4 Å². The van der Waals surface area contributed by atoms with Crippen LogP contribution in [0.3, 0.4) is 0 Å². The first-order chi connectivity index (χ1) is 13.2. The molecule has 0 aliphatic carbocycles. The van der Waals surface area contributed by atoms with Crippen LogP contribution in [0.15, 0.2) is 17.5 Å². The van der Waals surface area contributed by atoms with Gasteiger partial charge < -0.3 is 10.2 Å². The zero-order valence-electron chi connectivity index (χ0n) is 15.1. The first-order valence-corrected chi connectivity index (χ1v) is 11.1. The van der Waals surface area contributed by atoms with Gasteiger partial charge in [0.2, 0.25) is 22.1 Å². The first-order valence-electron chi connectivity index (χ1n) is 9.39. The van der Waals surface area contributed by atoms with Gasteiger partial charge in [0.15, 0.2) is 0 Å². The van der Waals surface area contributed by atoms with Crippen LogP contribution in [0.2, 0.25) is 0 Å². The Morgan fingerprint density at radius 1 is 1.22 bits per heavy atom. The van der Waals surface area contributed by atoms with E-state index >= 15 is 0 Å². The van der Waals surface area contributed by atoms with E-state index in [1.165, 1.54) is 11.3 Å². The normalized spacial score (nSPS) is 20.7. The lowest BCUT2D eigenvalue weighted by Crippen LogP contribution is -2.42. The van der Waals surface area contributed by atoms with Crippen molar-refractivity contribution in [1.29, 1.82) is 0 Å². The Kier molecular flexibility index (Phi) is 5.68. The second-order valence-corrected chi connectivity index (χ2v) is 8.92. The molecule has 2 amide bonds. The van der Waals surface area contributed by atoms with Crippen LogP contribution in [0.25, 0.3) is 0 Å². The van der Waals surface area contributed by atoms with E-state index in [-0.39, 0.29) is 17.7 Å². The molecule has 2 aliphatic rings. The molecule has 0 spiro atoms. The number of nitrogens with one attached hydrogen (secondary N) is 1. The van der Waals surface area contributed by atoms with Crippen molar-refractivity contribution in [2.24, 2.45) is 5.92 Å². The highest BCUT2D eigenvalue weighted by atomic mass is 32.1. The minimum atomic E-state index is -0.0392. The lowest BCUT2D eigenvalue weighted by molar-refractivity contribution is -0.125. The van der Waals surface area contributed by atoms with Gasteiger partial charge in [-0.25, -0.2) is 0 Å². The Morgan fingerprint density at radius 2 is 2.11 bits per heavy atom. The smallest absolute Gasteiger partial charge is 0.228 e. The number of hydrogen-bond acceptors (Lipinski definition) is 7. The topological polar surface area (TPSA) is 78.4 Å². The maximum Gasteiger partial charge on any atom is 0.228 e. The van der Waals surface area contributed by atoms with Gasteiger partial charge in [-0.05, 0) is 37.1 Å². The van der Waals surface area contributed by atoms with E-state index in [0.717, 1.165) is 48.8 Å². The third-order valence-corrected chi connectivity index (χ3v) is 6.92. The molecule has 144 valence electrons. The average molecular weight is 406 g/mol. The Bertz CT molecular complexity index is 792. The second kappa shape index (κ2) is 8.35. The lowest BCUT2D eigenvalue weighted by Gasteiger charge is -2.31. The largest absolute Gasteiger partial charge is 0.351 e. The van der Waals surface area contributed by atoms with Crippen LogP contribution in [0.4, 0.5) is 10.3 Å². The molecule has 2 aromatic rings. The molecule has 0 radical (unpaired) electrons. The van der Waals surface area contributed by atoms with Crippen molar-refractivity contribution in [3.8, 4) is 0 Å². The summed E-state index contributed by atoms with van der Waals surface area (Å²) in [6, 6.07) is 4.03. The number of carbonyl (C=O) groups is 2. The highest BCUT2D eigenvalue weighted by Crippen LogP contribution is 2.32. The summed E-state index contributed by atoms with van der Waals surface area (Å²) in [7, 11) is 0. The monoisotopic (exact) mass is 405 g/mol. The quantitative estimate of drug-likeness (QED) is 0.827. The number of nitrogens with zero attached hydrogens (tertiary/aromatic N) is 4. The van der Waals surface area contributed by atoms with Gasteiger partial charge >= 0.3 is 0 Å². The van der Waals surface area contributed by atoms with Gasteiger partial charge in [-0.15, -0.1) is 21.5 Å². The average Bonchev–Trinajstić information content (AvgIpc) is 3.39. The highest BCUT2D eigenvalue weighted by molar-refractivity contribution is 7.19. The second-order valence-electron chi connectivity index (χ2n) is 6.95. The Balaban J connectivity index is 1.36. The lowest BCUT2D eigenvalue weighted by atomic mass is 9.97. The highest BCUT2D eigenvalue weighted by Gasteiger charge is 2.29. The molecule has 1 atom stereocenters. The minimum absolute atomic E-state index is 0.0392. The third-order valence-electron chi connectivity index (χ3n) is 5.04. The van der Waals surface area contributed by atoms with E-state index < -0.39 is 0 Å². The van der Waals surface area contributed by atoms with E-state index in [4.69, 9.17) is 0 Å². The predicted molar refractivity (Wildman–Crippen MR) is 107 cm³/mol. The molecule has 2 saturated heterocycles. The maximum atomic E-state index is 12.5. The van der Waals surface area contributed by atoms with E-state index in [1.807, 2.05) is 17.5 Å². The molecule has 4 heterocycles. The summed E-state index contributed by atoms with van der Waals surface area (Å²) in [4.78, 5) is 29.7. The fourth-order valence-corrected chi connectivity index (χ4v) is 5.12. The molecule has 27 heavy (non-hydrogen) atoms. The molecule has 0 saturated carbocycles. The Morgan fingerprint density at radius 3 is 2.93 bits per heavy atom. The molecule has 2 fully saturated rings. The number of aromatic nitrogens is 2. The summed E-state index contributed by atoms with van der Waals surface area (Å²) in [6.07, 6.45) is 4.40. The van der Waals surface area contributed by atoms with Crippen LogP contribution >= 0.6 is 22.7 Å². The molecule has 2 aromatic heterocycles. The summed E-state index contributed by atoms with van der Waals surface area (Å²) in [6.45, 7) is 2.84. The summed E-state index contributed by atoms with van der Waals surface area (Å²) < 4.78 is 0. The summed E-state index contributed by atoms with van der Waals surface area (Å²) in [5.41, 5.74) is 0. The molecular weight excluding hydrogens is 382 g/mol. The Hall–Kier alpha value is -2.00. The molecule has 1 N–H and O–H groups in total. The fraction of sp³-hybridized carbons (Fsp3) is 0.556. The summed E-state index contributed by atoms with van der Waals surface area (Å²) >= 11 is 3.11. The van der Waals surface area contributed by atoms with Crippen molar-refractivity contribution in [3.05, 3.63) is 22.4 Å². The van der Waals surface area contributed by atoms with Gasteiger partial charge in [0.25, 0.3) is 0 Å². The molecular formula is C18H23N5O2S2. The molecule has 0 aromatic carbocycles. The molecule has 9 heteroatoms. The fourth-order valence-electron chi connectivity index (χ4n) is 3.55. The van der Waals surface area contributed by atoms with Gasteiger partial charge in [0, 0.05) is 30.9 Å². The van der Waals surface area contributed by atoms with Gasteiger partial charge in [-0.1, -0.05) is 17.4 Å². The molecule has 1 unspecified atom stereocenters. The van der Waals surface area contributed by atoms with Crippen LogP contribution in [-0.2, 0) is 16.1 Å². The van der Waals surface area contributed by atoms with E-state index in [2.05, 4.69) is 20.4 Å². The van der Waals surface area contributed by atoms with Crippen molar-refractivity contribution >= 4 is 44.8 Å². The van der Waals surface area contributed by atoms with Crippen molar-refractivity contribution < 1.29 is 9.59 Å². The van der Waals surface area contributed by atoms with E-state index in [0.29, 0.717) is 24.6 Å². The third kappa shape index (κ3) is 4.30. The van der Waals surface area contributed by atoms with Gasteiger partial charge in [-0.2, -0.15) is 0 Å². The predicted octanol–water partition coefficient (Wildman–Crippen LogP) is 2.65. The zero-order chi connectivity index (χ0) is 18.6. The molecule has 2 aliphatic heterocycles. The maximum absolute atomic E-state index is 12.5. The molecule has 7 nitrogen and oxygen atoms in total. The summed E-state index contributed by atoms with van der Waals surface area (Å²) in [5.74, 6) is 0.195. The zero-order valence-corrected chi connectivity index (χ0v) is 16.7. The van der Waals surface area contributed by atoms with Crippen LogP contribution in [0.5, 0.6) is 0 Å². The number of piperidine rings is 2. The standard InChI is InChI=1S/C18H23N5O2S2/c24-15-7-1-2-9-23(15)18-21-20-17(27-18)22-8-3-5-13(12-22)16(25)19-11-14-6-4-10-26-14/h4,6,10,13H,1-3,5,7-9,11-12H2,(H,19,25). The Labute approximate surface area is 166 Å².